The molecule has 0 unspecified atom stereocenters. The third-order valence-corrected chi connectivity index (χ3v) is 8.19. The molecule has 0 aromatic carbocycles. The second-order valence-corrected chi connectivity index (χ2v) is 8.62. The summed E-state index contributed by atoms with van der Waals surface area (Å²) in [5, 5.41) is 0. The maximum Gasteiger partial charge on any atom is 0.216 e. The van der Waals surface area contributed by atoms with Crippen LogP contribution in [-0.2, 0) is 19.7 Å². The van der Waals surface area contributed by atoms with E-state index in [-0.39, 0.29) is 0 Å². The highest BCUT2D eigenvalue weighted by molar-refractivity contribution is 9.13. The van der Waals surface area contributed by atoms with Crippen LogP contribution in [0.4, 0.5) is 0 Å². The SMILES string of the molecule is CS(=O)(=O)C(Br)S(C)(=O)=O. The number of halogens is 1. The summed E-state index contributed by atoms with van der Waals surface area (Å²) in [5.41, 5.74) is 0. The van der Waals surface area contributed by atoms with E-state index in [2.05, 4.69) is 15.9 Å². The Bertz CT molecular complexity index is 267. The lowest BCUT2D eigenvalue weighted by Crippen LogP contribution is -2.22. The Balaban J connectivity index is 4.94. The lowest BCUT2D eigenvalue weighted by molar-refractivity contribution is 0.593. The highest BCUT2D eigenvalue weighted by atomic mass is 79.9. The molecule has 0 saturated heterocycles. The van der Waals surface area contributed by atoms with Crippen LogP contribution < -0.4 is 0 Å². The van der Waals surface area contributed by atoms with Crippen LogP contribution >= 0.6 is 15.9 Å². The number of hydrogen-bond donors (Lipinski definition) is 0. The van der Waals surface area contributed by atoms with Gasteiger partial charge in [0.25, 0.3) is 0 Å². The molecular weight excluding hydrogens is 244 g/mol. The van der Waals surface area contributed by atoms with Crippen molar-refractivity contribution < 1.29 is 16.8 Å². The Morgan fingerprint density at radius 2 is 1.20 bits per heavy atom. The maximum absolute atomic E-state index is 10.6. The van der Waals surface area contributed by atoms with Gasteiger partial charge in [-0.2, -0.15) is 0 Å². The third-order valence-electron chi connectivity index (χ3n) is 0.673. The molecule has 62 valence electrons. The standard InChI is InChI=1S/C3H7BrO4S2/c1-9(5,6)3(4)10(2,7)8/h3H,1-2H3. The smallest absolute Gasteiger partial charge is 0.216 e. The van der Waals surface area contributed by atoms with Crippen molar-refractivity contribution >= 4 is 35.6 Å². The summed E-state index contributed by atoms with van der Waals surface area (Å²) in [7, 11) is -7.06. The molecular formula is C3H7BrO4S2. The Kier molecular flexibility index (Phi) is 2.89. The summed E-state index contributed by atoms with van der Waals surface area (Å²) in [5.74, 6) is 0. The fourth-order valence-corrected chi connectivity index (χ4v) is 2.86. The Morgan fingerprint density at radius 3 is 1.20 bits per heavy atom. The molecule has 7 heteroatoms. The van der Waals surface area contributed by atoms with Crippen LogP contribution in [-0.4, -0.2) is 32.8 Å². The zero-order chi connectivity index (χ0) is 8.58. The molecule has 0 atom stereocenters. The molecule has 0 aromatic heterocycles. The van der Waals surface area contributed by atoms with E-state index in [0.717, 1.165) is 12.5 Å². The van der Waals surface area contributed by atoms with Gasteiger partial charge in [-0.1, -0.05) is 15.9 Å². The summed E-state index contributed by atoms with van der Waals surface area (Å²) in [6.45, 7) is 0. The fourth-order valence-electron chi connectivity index (χ4n) is 0.318. The lowest BCUT2D eigenvalue weighted by Gasteiger charge is -2.02. The Morgan fingerprint density at radius 1 is 1.00 bits per heavy atom. The Hall–Kier alpha value is 0.380. The van der Waals surface area contributed by atoms with Gasteiger partial charge in [0.1, 0.15) is 0 Å². The third kappa shape index (κ3) is 2.98. The zero-order valence-electron chi connectivity index (χ0n) is 5.40. The molecule has 0 radical (unpaired) electrons. The van der Waals surface area contributed by atoms with Crippen molar-refractivity contribution in [2.75, 3.05) is 12.5 Å². The van der Waals surface area contributed by atoms with Crippen molar-refractivity contribution in [1.82, 2.24) is 0 Å². The van der Waals surface area contributed by atoms with Crippen LogP contribution in [0.3, 0.4) is 0 Å². The Labute approximate surface area is 68.6 Å². The van der Waals surface area contributed by atoms with Crippen molar-refractivity contribution in [1.29, 1.82) is 0 Å². The largest absolute Gasteiger partial charge is 0.227 e. The van der Waals surface area contributed by atoms with E-state index in [9.17, 15) is 16.8 Å². The molecule has 0 bridgehead atoms. The van der Waals surface area contributed by atoms with Gasteiger partial charge in [0.2, 0.25) is 3.49 Å². The first-order valence-electron chi connectivity index (χ1n) is 2.17. The van der Waals surface area contributed by atoms with Gasteiger partial charge in [-0.3, -0.25) is 0 Å². The van der Waals surface area contributed by atoms with Crippen molar-refractivity contribution in [2.24, 2.45) is 0 Å². The number of hydrogen-bond acceptors (Lipinski definition) is 4. The van der Waals surface area contributed by atoms with Crippen LogP contribution in [0.25, 0.3) is 0 Å². The first-order valence-corrected chi connectivity index (χ1v) is 7.00. The average molecular weight is 251 g/mol. The summed E-state index contributed by atoms with van der Waals surface area (Å²) >= 11 is 2.54. The molecule has 0 amide bonds. The second-order valence-electron chi connectivity index (χ2n) is 1.93. The van der Waals surface area contributed by atoms with Gasteiger partial charge in [0.05, 0.1) is 0 Å². The molecule has 4 nitrogen and oxygen atoms in total. The van der Waals surface area contributed by atoms with E-state index in [0.29, 0.717) is 0 Å². The van der Waals surface area contributed by atoms with Crippen molar-refractivity contribution in [3.63, 3.8) is 0 Å². The van der Waals surface area contributed by atoms with Crippen LogP contribution in [0, 0.1) is 0 Å². The van der Waals surface area contributed by atoms with Gasteiger partial charge in [0.15, 0.2) is 19.7 Å². The molecule has 10 heavy (non-hydrogen) atoms. The molecule has 0 aromatic rings. The van der Waals surface area contributed by atoms with E-state index in [4.69, 9.17) is 0 Å². The highest BCUT2D eigenvalue weighted by Crippen LogP contribution is 2.13. The molecule has 0 saturated carbocycles. The van der Waals surface area contributed by atoms with Crippen molar-refractivity contribution in [3.8, 4) is 0 Å². The summed E-state index contributed by atoms with van der Waals surface area (Å²) in [6.07, 6.45) is 1.71. The van der Waals surface area contributed by atoms with Crippen LogP contribution in [0.5, 0.6) is 0 Å². The summed E-state index contributed by atoms with van der Waals surface area (Å²) < 4.78 is 40.7. The number of rotatable bonds is 2. The number of sulfone groups is 2. The van der Waals surface area contributed by atoms with Gasteiger partial charge in [0, 0.05) is 12.5 Å². The fraction of sp³-hybridized carbons (Fsp3) is 1.00. The van der Waals surface area contributed by atoms with E-state index in [1.165, 1.54) is 0 Å². The van der Waals surface area contributed by atoms with E-state index in [1.54, 1.807) is 0 Å². The molecule has 0 aliphatic carbocycles. The first kappa shape index (κ1) is 10.4. The highest BCUT2D eigenvalue weighted by Gasteiger charge is 2.27. The van der Waals surface area contributed by atoms with Gasteiger partial charge >= 0.3 is 0 Å². The zero-order valence-corrected chi connectivity index (χ0v) is 8.62. The minimum atomic E-state index is -3.53. The van der Waals surface area contributed by atoms with Crippen molar-refractivity contribution in [2.45, 2.75) is 3.49 Å². The van der Waals surface area contributed by atoms with Gasteiger partial charge in [-0.15, -0.1) is 0 Å². The van der Waals surface area contributed by atoms with Crippen LogP contribution in [0.15, 0.2) is 0 Å². The number of alkyl halides is 1. The normalized spacial score (nSPS) is 14.0. The first-order chi connectivity index (χ1) is 4.15. The van der Waals surface area contributed by atoms with Crippen molar-refractivity contribution in [3.05, 3.63) is 0 Å². The minimum absolute atomic E-state index is 0.855. The monoisotopic (exact) mass is 250 g/mol. The predicted octanol–water partition coefficient (Wildman–Crippen LogP) is -0.246. The molecule has 0 aliphatic rings. The molecule has 0 N–H and O–H groups in total. The molecule has 0 fully saturated rings. The van der Waals surface area contributed by atoms with E-state index < -0.39 is 23.2 Å². The average Bonchev–Trinajstić information content (AvgIpc) is 1.59. The molecule has 0 heterocycles. The van der Waals surface area contributed by atoms with Gasteiger partial charge in [-0.25, -0.2) is 16.8 Å². The predicted molar refractivity (Wildman–Crippen MR) is 42.4 cm³/mol. The lowest BCUT2D eigenvalue weighted by atomic mass is 11.9. The minimum Gasteiger partial charge on any atom is -0.227 e. The topological polar surface area (TPSA) is 68.3 Å². The summed E-state index contributed by atoms with van der Waals surface area (Å²) in [6, 6.07) is 0. The quantitative estimate of drug-likeness (QED) is 0.635. The maximum atomic E-state index is 10.6. The summed E-state index contributed by atoms with van der Waals surface area (Å²) in [4.78, 5) is 0. The molecule has 0 spiro atoms. The molecule has 0 aliphatic heterocycles. The van der Waals surface area contributed by atoms with Crippen LogP contribution in [0.2, 0.25) is 0 Å². The van der Waals surface area contributed by atoms with E-state index in [1.807, 2.05) is 0 Å². The second kappa shape index (κ2) is 2.78. The van der Waals surface area contributed by atoms with Gasteiger partial charge in [-0.05, 0) is 0 Å². The van der Waals surface area contributed by atoms with E-state index >= 15 is 0 Å². The van der Waals surface area contributed by atoms with Gasteiger partial charge < -0.3 is 0 Å². The van der Waals surface area contributed by atoms with Crippen LogP contribution in [0.1, 0.15) is 0 Å². The molecule has 0 rings (SSSR count).